The summed E-state index contributed by atoms with van der Waals surface area (Å²) < 4.78 is 136. The number of nitrogens with one attached hydrogen (secondary N) is 2. The molecule has 0 saturated carbocycles. The van der Waals surface area contributed by atoms with Crippen molar-refractivity contribution in [1.82, 2.24) is 4.58 Å². The summed E-state index contributed by atoms with van der Waals surface area (Å²) in [5.41, 5.74) is -14.9. The van der Waals surface area contributed by atoms with Crippen molar-refractivity contribution >= 4 is 54.0 Å². The maximum absolute atomic E-state index is 14.1. The summed E-state index contributed by atoms with van der Waals surface area (Å²) in [5, 5.41) is 14.0. The Labute approximate surface area is 298 Å². The van der Waals surface area contributed by atoms with Gasteiger partial charge in [0.2, 0.25) is 5.36 Å². The Morgan fingerprint density at radius 3 is 1.77 bits per heavy atom. The van der Waals surface area contributed by atoms with Crippen LogP contribution in [0.5, 0.6) is 0 Å². The van der Waals surface area contributed by atoms with Crippen LogP contribution in [0.1, 0.15) is 85.9 Å². The number of ketones is 1. The number of nitrogens with zero attached hydrogens (tertiary/aromatic N) is 2. The molecule has 52 heavy (non-hydrogen) atoms. The first-order chi connectivity index (χ1) is 23.4. The van der Waals surface area contributed by atoms with Crippen LogP contribution in [0.15, 0.2) is 30.0 Å². The molecule has 0 radical (unpaired) electrons. The molecular formula is C34H40F6N4O6S2. The van der Waals surface area contributed by atoms with E-state index in [2.05, 4.69) is 0 Å². The average Bonchev–Trinajstić information content (AvgIpc) is 3.28. The van der Waals surface area contributed by atoms with Crippen LogP contribution in [-0.2, 0) is 35.7 Å². The van der Waals surface area contributed by atoms with E-state index in [4.69, 9.17) is 0 Å². The molecule has 2 aliphatic heterocycles. The minimum atomic E-state index is -6.07. The van der Waals surface area contributed by atoms with Crippen molar-refractivity contribution in [2.75, 3.05) is 14.3 Å². The van der Waals surface area contributed by atoms with Crippen molar-refractivity contribution in [3.8, 4) is 0 Å². The van der Waals surface area contributed by atoms with Gasteiger partial charge < -0.3 is 10.0 Å². The van der Waals surface area contributed by atoms with Gasteiger partial charge in [-0.1, -0.05) is 19.6 Å². The first kappa shape index (κ1) is 39.4. The Kier molecular flexibility index (Phi) is 8.98. The number of sulfonamides is 2. The van der Waals surface area contributed by atoms with Crippen LogP contribution in [0.4, 0.5) is 43.4 Å². The zero-order valence-electron chi connectivity index (χ0n) is 30.0. The van der Waals surface area contributed by atoms with Gasteiger partial charge in [-0.25, -0.2) is 4.58 Å². The third-order valence-corrected chi connectivity index (χ3v) is 13.0. The lowest BCUT2D eigenvalue weighted by Crippen LogP contribution is -2.42. The van der Waals surface area contributed by atoms with Crippen molar-refractivity contribution in [2.45, 2.75) is 115 Å². The molecule has 10 nitrogen and oxygen atoms in total. The molecular weight excluding hydrogens is 739 g/mol. The lowest BCUT2D eigenvalue weighted by Gasteiger charge is -2.34. The average molecular weight is 779 g/mol. The molecule has 2 N–H and O–H groups in total. The zero-order chi connectivity index (χ0) is 39.6. The Hall–Kier alpha value is -3.80. The Balaban J connectivity index is 1.88. The molecule has 0 fully saturated rings. The molecule has 2 heterocycles. The molecule has 18 heteroatoms. The first-order valence-corrected chi connectivity index (χ1v) is 19.3. The SMILES string of the molecule is CC(C)N1c2cc(NS(=O)(=O)C(F)(F)F)c(C3=C([O-])/C(=c4\cc5c(cc4NS(=O)(=O)C(F)(F)F)=[N+](C(C)C)C(C)C5(C)C)C3=O)cc2C(C)(C)C1C. The van der Waals surface area contributed by atoms with Gasteiger partial charge in [-0.2, -0.15) is 43.2 Å². The second kappa shape index (κ2) is 11.9. The highest BCUT2D eigenvalue weighted by Crippen LogP contribution is 2.51. The fourth-order valence-electron chi connectivity index (χ4n) is 7.52. The third-order valence-electron chi connectivity index (χ3n) is 10.8. The second-order valence-electron chi connectivity index (χ2n) is 15.1. The van der Waals surface area contributed by atoms with Crippen molar-refractivity contribution in [1.29, 1.82) is 0 Å². The normalized spacial score (nSPS) is 22.6. The van der Waals surface area contributed by atoms with Gasteiger partial charge in [0.25, 0.3) is 0 Å². The van der Waals surface area contributed by atoms with E-state index < -0.39 is 86.7 Å². The number of carbonyl (C=O) groups excluding carboxylic acids is 1. The number of alkyl halides is 6. The van der Waals surface area contributed by atoms with Gasteiger partial charge in [-0.15, -0.1) is 0 Å². The minimum Gasteiger partial charge on any atom is -0.871 e. The van der Waals surface area contributed by atoms with Gasteiger partial charge in [0.05, 0.1) is 16.8 Å². The van der Waals surface area contributed by atoms with Gasteiger partial charge >= 0.3 is 31.1 Å². The lowest BCUT2D eigenvalue weighted by atomic mass is 9.76. The van der Waals surface area contributed by atoms with E-state index in [1.54, 1.807) is 0 Å². The highest BCUT2D eigenvalue weighted by atomic mass is 32.2. The number of Topliss-reactive ketones (excluding diaryl/α,β-unsaturated/α-hetero) is 1. The van der Waals surface area contributed by atoms with Crippen LogP contribution in [0.2, 0.25) is 0 Å². The molecule has 286 valence electrons. The van der Waals surface area contributed by atoms with E-state index in [-0.39, 0.29) is 24.2 Å². The van der Waals surface area contributed by atoms with Crippen LogP contribution in [0.3, 0.4) is 0 Å². The number of halogens is 6. The Bertz CT molecular complexity index is 2290. The molecule has 5 rings (SSSR count). The van der Waals surface area contributed by atoms with Gasteiger partial charge in [0.15, 0.2) is 11.8 Å². The number of hydrogen-bond acceptors (Lipinski definition) is 7. The number of allylic oxidation sites excluding steroid dienone is 2. The summed E-state index contributed by atoms with van der Waals surface area (Å²) >= 11 is 0. The maximum Gasteiger partial charge on any atom is 0.516 e. The monoisotopic (exact) mass is 778 g/mol. The summed E-state index contributed by atoms with van der Waals surface area (Å²) in [4.78, 5) is 15.9. The standard InChI is InChI=1S/C34H40F6N4O6S2/c1-15(2)43-17(5)31(7,8)21-11-19(23(13-25(21)43)41-51(47,48)33(35,36)37)27-29(45)28(30(27)46)20-12-22-26(44(16(3)4)18(6)32(22,9)10)14-24(20)42-52(49,50)34(38,39)40/h11-18H,1-10H3,(H2,41,42,45,46). The van der Waals surface area contributed by atoms with Crippen LogP contribution in [-0.4, -0.2) is 57.8 Å². The number of rotatable bonds is 7. The van der Waals surface area contributed by atoms with E-state index in [1.165, 1.54) is 21.6 Å². The van der Waals surface area contributed by atoms with E-state index in [1.807, 2.05) is 78.7 Å². The van der Waals surface area contributed by atoms with Crippen LogP contribution in [0, 0.1) is 0 Å². The Morgan fingerprint density at radius 1 is 0.788 bits per heavy atom. The zero-order valence-corrected chi connectivity index (χ0v) is 31.7. The number of benzene rings is 2. The van der Waals surface area contributed by atoms with Gasteiger partial charge in [0.1, 0.15) is 6.04 Å². The number of carbonyl (C=O) groups is 1. The summed E-state index contributed by atoms with van der Waals surface area (Å²) in [5.74, 6) is -2.25. The summed E-state index contributed by atoms with van der Waals surface area (Å²) in [6, 6.07) is 3.89. The molecule has 2 unspecified atom stereocenters. The molecule has 2 atom stereocenters. The molecule has 3 aliphatic rings. The van der Waals surface area contributed by atoms with E-state index in [0.717, 1.165) is 12.1 Å². The van der Waals surface area contributed by atoms with Crippen LogP contribution in [0.25, 0.3) is 11.1 Å². The quantitative estimate of drug-likeness (QED) is 0.318. The molecule has 2 aromatic carbocycles. The van der Waals surface area contributed by atoms with Crippen molar-refractivity contribution in [3.05, 3.63) is 57.3 Å². The lowest BCUT2D eigenvalue weighted by molar-refractivity contribution is -0.292. The number of anilines is 3. The molecule has 0 aromatic heterocycles. The predicted octanol–water partition coefficient (Wildman–Crippen LogP) is 4.19. The molecule has 0 bridgehead atoms. The van der Waals surface area contributed by atoms with E-state index in [9.17, 15) is 53.1 Å². The Morgan fingerprint density at radius 2 is 1.31 bits per heavy atom. The molecule has 2 aromatic rings. The number of fused-ring (bicyclic) bond motifs is 2. The fraction of sp³-hybridized carbons (Fsp3) is 0.529. The summed E-state index contributed by atoms with van der Waals surface area (Å²) in [7, 11) is -12.1. The van der Waals surface area contributed by atoms with E-state index >= 15 is 0 Å². The summed E-state index contributed by atoms with van der Waals surface area (Å²) in [6.07, 6.45) is 0. The van der Waals surface area contributed by atoms with Crippen LogP contribution < -0.4 is 34.6 Å². The maximum atomic E-state index is 14.1. The highest BCUT2D eigenvalue weighted by molar-refractivity contribution is 7.93. The molecule has 0 amide bonds. The number of hydrogen-bond donors (Lipinski definition) is 2. The predicted molar refractivity (Wildman–Crippen MR) is 184 cm³/mol. The summed E-state index contributed by atoms with van der Waals surface area (Å²) in [6.45, 7) is 18.4. The largest absolute Gasteiger partial charge is 0.871 e. The smallest absolute Gasteiger partial charge is 0.516 e. The van der Waals surface area contributed by atoms with Crippen molar-refractivity contribution in [2.24, 2.45) is 0 Å². The molecule has 0 saturated heterocycles. The molecule has 0 spiro atoms. The van der Waals surface area contributed by atoms with E-state index in [0.29, 0.717) is 22.2 Å². The van der Waals surface area contributed by atoms with Crippen molar-refractivity contribution in [3.63, 3.8) is 0 Å². The first-order valence-electron chi connectivity index (χ1n) is 16.4. The molecule has 1 aliphatic carbocycles. The fourth-order valence-corrected chi connectivity index (χ4v) is 8.67. The van der Waals surface area contributed by atoms with Gasteiger partial charge in [0, 0.05) is 56.7 Å². The van der Waals surface area contributed by atoms with Gasteiger partial charge in [-0.05, 0) is 79.2 Å². The highest BCUT2D eigenvalue weighted by Gasteiger charge is 2.50. The third kappa shape index (κ3) is 5.74. The van der Waals surface area contributed by atoms with Gasteiger partial charge in [-0.3, -0.25) is 14.2 Å². The van der Waals surface area contributed by atoms with Crippen LogP contribution >= 0.6 is 0 Å². The van der Waals surface area contributed by atoms with Crippen molar-refractivity contribution < 1.29 is 53.1 Å². The minimum absolute atomic E-state index is 0.203. The second-order valence-corrected chi connectivity index (χ2v) is 18.5. The topological polar surface area (TPSA) is 139 Å².